The van der Waals surface area contributed by atoms with Crippen molar-refractivity contribution in [3.8, 4) is 0 Å². The molecule has 1 rings (SSSR count). The zero-order valence-corrected chi connectivity index (χ0v) is 13.7. The van der Waals surface area contributed by atoms with E-state index < -0.39 is 6.04 Å². The summed E-state index contributed by atoms with van der Waals surface area (Å²) in [5.74, 6) is -0.0689. The van der Waals surface area contributed by atoms with Crippen molar-refractivity contribution >= 4 is 18.3 Å². The minimum absolute atomic E-state index is 0. The minimum Gasteiger partial charge on any atom is -0.348 e. The van der Waals surface area contributed by atoms with E-state index in [2.05, 4.69) is 26.1 Å². The third-order valence-corrected chi connectivity index (χ3v) is 3.11. The van der Waals surface area contributed by atoms with Crippen LogP contribution in [0.1, 0.15) is 52.1 Å². The first-order valence-corrected chi connectivity index (χ1v) is 6.94. The van der Waals surface area contributed by atoms with Crippen LogP contribution < -0.4 is 11.1 Å². The van der Waals surface area contributed by atoms with Crippen LogP contribution in [0.5, 0.6) is 0 Å². The molecule has 3 nitrogen and oxygen atoms in total. The van der Waals surface area contributed by atoms with Gasteiger partial charge < -0.3 is 11.1 Å². The number of hydrogen-bond donors (Lipinski definition) is 2. The Morgan fingerprint density at radius 2 is 1.80 bits per heavy atom. The van der Waals surface area contributed by atoms with Crippen LogP contribution in [-0.2, 0) is 4.79 Å². The molecule has 0 aliphatic carbocycles. The van der Waals surface area contributed by atoms with Crippen LogP contribution in [0.3, 0.4) is 0 Å². The fraction of sp³-hybridized carbons (Fsp3) is 0.562. The van der Waals surface area contributed by atoms with Crippen molar-refractivity contribution in [3.63, 3.8) is 0 Å². The summed E-state index contributed by atoms with van der Waals surface area (Å²) < 4.78 is 0. The first-order chi connectivity index (χ1) is 8.83. The molecule has 0 aliphatic rings. The smallest absolute Gasteiger partial charge is 0.237 e. The predicted molar refractivity (Wildman–Crippen MR) is 86.9 cm³/mol. The lowest BCUT2D eigenvalue weighted by Gasteiger charge is -2.28. The Balaban J connectivity index is 0.00000361. The maximum atomic E-state index is 12.0. The highest BCUT2D eigenvalue weighted by molar-refractivity contribution is 5.85. The van der Waals surface area contributed by atoms with E-state index in [1.807, 2.05) is 37.3 Å². The second kappa shape index (κ2) is 8.28. The van der Waals surface area contributed by atoms with Crippen LogP contribution in [0.2, 0.25) is 0 Å². The van der Waals surface area contributed by atoms with Crippen molar-refractivity contribution in [1.29, 1.82) is 0 Å². The van der Waals surface area contributed by atoms with Crippen molar-refractivity contribution in [2.75, 3.05) is 0 Å². The van der Waals surface area contributed by atoms with Gasteiger partial charge in [-0.05, 0) is 23.8 Å². The molecule has 1 unspecified atom stereocenters. The summed E-state index contributed by atoms with van der Waals surface area (Å²) in [6.45, 7) is 8.45. The third-order valence-electron chi connectivity index (χ3n) is 3.11. The number of halogens is 1. The van der Waals surface area contributed by atoms with Crippen LogP contribution in [0.25, 0.3) is 0 Å². The molecule has 3 N–H and O–H groups in total. The summed E-state index contributed by atoms with van der Waals surface area (Å²) >= 11 is 0. The van der Waals surface area contributed by atoms with Crippen LogP contribution >= 0.6 is 12.4 Å². The highest BCUT2D eigenvalue weighted by Crippen LogP contribution is 2.29. The van der Waals surface area contributed by atoms with Gasteiger partial charge in [-0.2, -0.15) is 0 Å². The van der Waals surface area contributed by atoms with E-state index in [-0.39, 0.29) is 29.8 Å². The van der Waals surface area contributed by atoms with Crippen LogP contribution in [0.4, 0.5) is 0 Å². The molecular formula is C16H27ClN2O. The minimum atomic E-state index is -0.425. The highest BCUT2D eigenvalue weighted by Gasteiger charge is 2.23. The number of hydrogen-bond acceptors (Lipinski definition) is 2. The fourth-order valence-corrected chi connectivity index (χ4v) is 2.01. The number of rotatable bonds is 5. The average Bonchev–Trinajstić information content (AvgIpc) is 2.36. The molecule has 0 aliphatic heterocycles. The van der Waals surface area contributed by atoms with E-state index in [0.29, 0.717) is 6.42 Å². The molecule has 0 bridgehead atoms. The normalized spacial score (nSPS) is 14.1. The Hall–Kier alpha value is -1.06. The molecule has 2 atom stereocenters. The second-order valence-electron chi connectivity index (χ2n) is 6.25. The molecule has 1 amide bonds. The molecule has 0 saturated carbocycles. The number of carbonyl (C=O) groups is 1. The van der Waals surface area contributed by atoms with Crippen molar-refractivity contribution in [1.82, 2.24) is 5.32 Å². The molecule has 4 heteroatoms. The molecule has 114 valence electrons. The van der Waals surface area contributed by atoms with Gasteiger partial charge in [0.15, 0.2) is 0 Å². The third kappa shape index (κ3) is 6.40. The van der Waals surface area contributed by atoms with Gasteiger partial charge in [-0.15, -0.1) is 12.4 Å². The maximum Gasteiger partial charge on any atom is 0.237 e. The lowest BCUT2D eigenvalue weighted by molar-refractivity contribution is -0.123. The fourth-order valence-electron chi connectivity index (χ4n) is 2.01. The quantitative estimate of drug-likeness (QED) is 0.875. The number of nitrogens with one attached hydrogen (secondary N) is 1. The van der Waals surface area contributed by atoms with Crippen molar-refractivity contribution < 1.29 is 4.79 Å². The molecule has 0 fully saturated rings. The number of nitrogens with two attached hydrogens (primary N) is 1. The lowest BCUT2D eigenvalue weighted by atomic mass is 9.85. The van der Waals surface area contributed by atoms with Gasteiger partial charge in [0, 0.05) is 0 Å². The summed E-state index contributed by atoms with van der Waals surface area (Å²) in [6, 6.07) is 9.67. The Bertz CT molecular complexity index is 401. The van der Waals surface area contributed by atoms with Gasteiger partial charge in [-0.1, -0.05) is 58.0 Å². The molecule has 1 aromatic carbocycles. The average molecular weight is 299 g/mol. The van der Waals surface area contributed by atoms with Crippen LogP contribution in [-0.4, -0.2) is 11.9 Å². The molecule has 1 aromatic rings. The van der Waals surface area contributed by atoms with E-state index in [1.165, 1.54) is 0 Å². The lowest BCUT2D eigenvalue weighted by Crippen LogP contribution is -2.42. The van der Waals surface area contributed by atoms with E-state index in [1.54, 1.807) is 0 Å². The molecule has 0 saturated heterocycles. The predicted octanol–water partition coefficient (Wildman–Crippen LogP) is 3.44. The van der Waals surface area contributed by atoms with Gasteiger partial charge in [0.05, 0.1) is 12.1 Å². The Kier molecular flexibility index (Phi) is 7.84. The summed E-state index contributed by atoms with van der Waals surface area (Å²) in [5.41, 5.74) is 7.07. The Labute approximate surface area is 128 Å². The maximum absolute atomic E-state index is 12.0. The second-order valence-corrected chi connectivity index (χ2v) is 6.25. The topological polar surface area (TPSA) is 55.1 Å². The molecule has 0 aromatic heterocycles. The van der Waals surface area contributed by atoms with Crippen molar-refractivity contribution in [2.24, 2.45) is 11.1 Å². The van der Waals surface area contributed by atoms with E-state index in [4.69, 9.17) is 5.73 Å². The molecule has 0 radical (unpaired) electrons. The van der Waals surface area contributed by atoms with E-state index in [0.717, 1.165) is 12.0 Å². The zero-order valence-electron chi connectivity index (χ0n) is 12.8. The SMILES string of the molecule is CC[C@H](N)C(=O)NC(CC(C)(C)C)c1ccccc1.Cl. The van der Waals surface area contributed by atoms with E-state index >= 15 is 0 Å². The standard InChI is InChI=1S/C16H26N2O.ClH/c1-5-13(17)15(19)18-14(11-16(2,3)4)12-9-7-6-8-10-12;/h6-10,13-14H,5,11,17H2,1-4H3,(H,18,19);1H/t13-,14?;/m0./s1. The van der Waals surface area contributed by atoms with Gasteiger partial charge in [-0.3, -0.25) is 4.79 Å². The first-order valence-electron chi connectivity index (χ1n) is 6.94. The summed E-state index contributed by atoms with van der Waals surface area (Å²) in [7, 11) is 0. The first kappa shape index (κ1) is 18.9. The number of carbonyl (C=O) groups excluding carboxylic acids is 1. The Morgan fingerprint density at radius 1 is 1.25 bits per heavy atom. The largest absolute Gasteiger partial charge is 0.348 e. The van der Waals surface area contributed by atoms with Gasteiger partial charge in [-0.25, -0.2) is 0 Å². The summed E-state index contributed by atoms with van der Waals surface area (Å²) in [5, 5.41) is 3.08. The van der Waals surface area contributed by atoms with E-state index in [9.17, 15) is 4.79 Å². The number of amides is 1. The Morgan fingerprint density at radius 3 is 2.25 bits per heavy atom. The number of benzene rings is 1. The zero-order chi connectivity index (χ0) is 14.5. The van der Waals surface area contributed by atoms with Crippen LogP contribution in [0.15, 0.2) is 30.3 Å². The van der Waals surface area contributed by atoms with Gasteiger partial charge in [0.25, 0.3) is 0 Å². The van der Waals surface area contributed by atoms with Gasteiger partial charge in [0.2, 0.25) is 5.91 Å². The van der Waals surface area contributed by atoms with Crippen molar-refractivity contribution in [3.05, 3.63) is 35.9 Å². The molecule has 20 heavy (non-hydrogen) atoms. The molecule has 0 spiro atoms. The summed E-state index contributed by atoms with van der Waals surface area (Å²) in [4.78, 5) is 12.0. The molecule has 0 heterocycles. The summed E-state index contributed by atoms with van der Waals surface area (Å²) in [6.07, 6.45) is 1.54. The van der Waals surface area contributed by atoms with Gasteiger partial charge in [0.1, 0.15) is 0 Å². The van der Waals surface area contributed by atoms with Crippen LogP contribution in [0, 0.1) is 5.41 Å². The molecular weight excluding hydrogens is 272 g/mol. The van der Waals surface area contributed by atoms with Gasteiger partial charge >= 0.3 is 0 Å². The highest BCUT2D eigenvalue weighted by atomic mass is 35.5. The monoisotopic (exact) mass is 298 g/mol. The van der Waals surface area contributed by atoms with Crippen molar-refractivity contribution in [2.45, 2.75) is 52.6 Å².